The van der Waals surface area contributed by atoms with E-state index in [0.717, 1.165) is 31.4 Å². The fourth-order valence-corrected chi connectivity index (χ4v) is 3.14. The van der Waals surface area contributed by atoms with Gasteiger partial charge in [0.1, 0.15) is 0 Å². The molecule has 0 bridgehead atoms. The van der Waals surface area contributed by atoms with Crippen LogP contribution in [0.2, 0.25) is 0 Å². The van der Waals surface area contributed by atoms with Crippen LogP contribution in [0.1, 0.15) is 42.5 Å². The van der Waals surface area contributed by atoms with E-state index in [9.17, 15) is 4.79 Å². The highest BCUT2D eigenvalue weighted by molar-refractivity contribution is 5.95. The number of rotatable bonds is 8. The first-order valence-corrected chi connectivity index (χ1v) is 9.12. The zero-order valence-corrected chi connectivity index (χ0v) is 15.4. The van der Waals surface area contributed by atoms with E-state index in [1.54, 1.807) is 31.0 Å². The summed E-state index contributed by atoms with van der Waals surface area (Å²) >= 11 is 0. The molecule has 1 atom stereocenters. The fraction of sp³-hybridized carbons (Fsp3) is 0.526. The van der Waals surface area contributed by atoms with Crippen molar-refractivity contribution in [3.8, 4) is 17.4 Å². The molecule has 1 aliphatic heterocycles. The molecule has 0 radical (unpaired) electrons. The first-order chi connectivity index (χ1) is 12.7. The van der Waals surface area contributed by atoms with Crippen molar-refractivity contribution in [3.05, 3.63) is 29.8 Å². The zero-order valence-electron chi connectivity index (χ0n) is 15.4. The van der Waals surface area contributed by atoms with Crippen LogP contribution < -0.4 is 10.1 Å². The van der Waals surface area contributed by atoms with E-state index < -0.39 is 0 Å². The molecule has 1 aromatic heterocycles. The number of amides is 1. The van der Waals surface area contributed by atoms with Crippen LogP contribution in [0.4, 0.5) is 0 Å². The number of hydrogen-bond acceptors (Lipinski definition) is 5. The lowest BCUT2D eigenvalue weighted by molar-refractivity contribution is 0.0947. The van der Waals surface area contributed by atoms with Gasteiger partial charge < -0.3 is 14.8 Å². The summed E-state index contributed by atoms with van der Waals surface area (Å²) in [6, 6.07) is 7.75. The maximum absolute atomic E-state index is 12.4. The zero-order chi connectivity index (χ0) is 18.4. The van der Waals surface area contributed by atoms with Crippen LogP contribution in [-0.4, -0.2) is 47.0 Å². The van der Waals surface area contributed by atoms with Crippen LogP contribution >= 0.6 is 0 Å². The molecular weight excluding hydrogens is 332 g/mol. The summed E-state index contributed by atoms with van der Waals surface area (Å²) in [6.07, 6.45) is 5.89. The molecule has 1 fully saturated rings. The van der Waals surface area contributed by atoms with Gasteiger partial charge in [-0.2, -0.15) is 4.98 Å². The fourth-order valence-electron chi connectivity index (χ4n) is 3.14. The highest BCUT2D eigenvalue weighted by Crippen LogP contribution is 2.20. The highest BCUT2D eigenvalue weighted by Gasteiger charge is 2.15. The van der Waals surface area contributed by atoms with Crippen molar-refractivity contribution in [3.63, 3.8) is 0 Å². The molecule has 2 aromatic rings. The lowest BCUT2D eigenvalue weighted by Crippen LogP contribution is -2.24. The molecule has 1 amide bonds. The molecule has 26 heavy (non-hydrogen) atoms. The van der Waals surface area contributed by atoms with Crippen molar-refractivity contribution in [1.82, 2.24) is 20.1 Å². The Labute approximate surface area is 153 Å². The Morgan fingerprint density at radius 3 is 3.04 bits per heavy atom. The number of carbonyl (C=O) groups excluding carboxylic acids is 1. The molecular formula is C19H26N4O3. The highest BCUT2D eigenvalue weighted by atomic mass is 16.5. The van der Waals surface area contributed by atoms with Crippen molar-refractivity contribution >= 4 is 5.91 Å². The Hall–Kier alpha value is -2.41. The SMILES string of the molecule is COc1nc(-c2cccc(C(=O)NCCCC[C@@H]3CCCO3)c2)nn1C. The van der Waals surface area contributed by atoms with E-state index in [1.807, 2.05) is 12.1 Å². The predicted octanol–water partition coefficient (Wildman–Crippen LogP) is 2.57. The number of aryl methyl sites for hydroxylation is 1. The van der Waals surface area contributed by atoms with E-state index in [0.29, 0.717) is 30.0 Å². The average molecular weight is 358 g/mol. The van der Waals surface area contributed by atoms with Crippen LogP contribution in [0.25, 0.3) is 11.4 Å². The molecule has 0 aliphatic carbocycles. The van der Waals surface area contributed by atoms with Gasteiger partial charge in [0.05, 0.1) is 13.2 Å². The van der Waals surface area contributed by atoms with Crippen molar-refractivity contribution < 1.29 is 14.3 Å². The number of methoxy groups -OCH3 is 1. The van der Waals surface area contributed by atoms with Gasteiger partial charge in [-0.1, -0.05) is 12.1 Å². The number of benzene rings is 1. The summed E-state index contributed by atoms with van der Waals surface area (Å²) in [5.74, 6) is 0.461. The number of hydrogen-bond donors (Lipinski definition) is 1. The van der Waals surface area contributed by atoms with Gasteiger partial charge in [0.25, 0.3) is 5.91 Å². The van der Waals surface area contributed by atoms with Gasteiger partial charge in [-0.05, 0) is 44.2 Å². The lowest BCUT2D eigenvalue weighted by atomic mass is 10.1. The van der Waals surface area contributed by atoms with Crippen molar-refractivity contribution in [2.75, 3.05) is 20.3 Å². The van der Waals surface area contributed by atoms with Gasteiger partial charge >= 0.3 is 6.01 Å². The summed E-state index contributed by atoms with van der Waals surface area (Å²) in [5.41, 5.74) is 1.39. The first-order valence-electron chi connectivity index (χ1n) is 9.12. The summed E-state index contributed by atoms with van der Waals surface area (Å²) in [5, 5.41) is 7.29. The van der Waals surface area contributed by atoms with Crippen LogP contribution in [0.5, 0.6) is 6.01 Å². The van der Waals surface area contributed by atoms with Crippen LogP contribution in [0.3, 0.4) is 0 Å². The normalized spacial score (nSPS) is 16.6. The van der Waals surface area contributed by atoms with Crippen LogP contribution in [0, 0.1) is 0 Å². The van der Waals surface area contributed by atoms with E-state index in [1.165, 1.54) is 12.8 Å². The summed E-state index contributed by atoms with van der Waals surface area (Å²) < 4.78 is 12.3. The standard InChI is InChI=1S/C19H26N4O3/c1-23-19(25-2)21-17(22-23)14-7-5-8-15(13-14)18(24)20-11-4-3-9-16-10-6-12-26-16/h5,7-8,13,16H,3-4,6,9-12H2,1-2H3,(H,20,24)/t16-/m1/s1. The van der Waals surface area contributed by atoms with Crippen molar-refractivity contribution in [1.29, 1.82) is 0 Å². The number of nitrogens with one attached hydrogen (secondary N) is 1. The lowest BCUT2D eigenvalue weighted by Gasteiger charge is -2.09. The molecule has 0 saturated carbocycles. The smallest absolute Gasteiger partial charge is 0.314 e. The monoisotopic (exact) mass is 358 g/mol. The van der Waals surface area contributed by atoms with Gasteiger partial charge in [0.2, 0.25) is 0 Å². The largest absolute Gasteiger partial charge is 0.467 e. The van der Waals surface area contributed by atoms with Gasteiger partial charge in [-0.3, -0.25) is 4.79 Å². The molecule has 0 spiro atoms. The third-order valence-electron chi connectivity index (χ3n) is 4.55. The van der Waals surface area contributed by atoms with Crippen molar-refractivity contribution in [2.24, 2.45) is 7.05 Å². The molecule has 7 heteroatoms. The third kappa shape index (κ3) is 4.60. The predicted molar refractivity (Wildman–Crippen MR) is 98.1 cm³/mol. The van der Waals surface area contributed by atoms with Crippen molar-refractivity contribution in [2.45, 2.75) is 38.2 Å². The van der Waals surface area contributed by atoms with Crippen LogP contribution in [-0.2, 0) is 11.8 Å². The minimum absolute atomic E-state index is 0.0770. The Bertz CT molecular complexity index is 738. The summed E-state index contributed by atoms with van der Waals surface area (Å²) in [6.45, 7) is 1.57. The molecule has 1 N–H and O–H groups in total. The maximum Gasteiger partial charge on any atom is 0.314 e. The first kappa shape index (κ1) is 18.4. The Kier molecular flexibility index (Phi) is 6.22. The number of ether oxygens (including phenoxy) is 2. The third-order valence-corrected chi connectivity index (χ3v) is 4.55. The Morgan fingerprint density at radius 2 is 2.31 bits per heavy atom. The molecule has 0 unspecified atom stereocenters. The van der Waals surface area contributed by atoms with Gasteiger partial charge in [0, 0.05) is 31.3 Å². The van der Waals surface area contributed by atoms with Gasteiger partial charge in [-0.15, -0.1) is 5.10 Å². The topological polar surface area (TPSA) is 78.3 Å². The molecule has 7 nitrogen and oxygen atoms in total. The summed E-state index contributed by atoms with van der Waals surface area (Å²) in [4.78, 5) is 16.7. The number of unbranched alkanes of at least 4 members (excludes halogenated alkanes) is 1. The molecule has 1 aliphatic rings. The van der Waals surface area contributed by atoms with E-state index >= 15 is 0 Å². The van der Waals surface area contributed by atoms with E-state index in [4.69, 9.17) is 9.47 Å². The second kappa shape index (κ2) is 8.80. The quantitative estimate of drug-likeness (QED) is 0.734. The molecule has 2 heterocycles. The van der Waals surface area contributed by atoms with Crippen LogP contribution in [0.15, 0.2) is 24.3 Å². The average Bonchev–Trinajstić information content (AvgIpc) is 3.30. The minimum Gasteiger partial charge on any atom is -0.467 e. The molecule has 140 valence electrons. The second-order valence-corrected chi connectivity index (χ2v) is 6.51. The summed E-state index contributed by atoms with van der Waals surface area (Å²) in [7, 11) is 3.32. The molecule has 1 saturated heterocycles. The number of aromatic nitrogens is 3. The van der Waals surface area contributed by atoms with Gasteiger partial charge in [-0.25, -0.2) is 4.68 Å². The maximum atomic E-state index is 12.4. The minimum atomic E-state index is -0.0770. The van der Waals surface area contributed by atoms with Gasteiger partial charge in [0.15, 0.2) is 5.82 Å². The second-order valence-electron chi connectivity index (χ2n) is 6.51. The van der Waals surface area contributed by atoms with E-state index in [-0.39, 0.29) is 5.91 Å². The number of carbonyl (C=O) groups is 1. The Morgan fingerprint density at radius 1 is 1.42 bits per heavy atom. The molecule has 1 aromatic carbocycles. The number of nitrogens with zero attached hydrogens (tertiary/aromatic N) is 3. The molecule has 3 rings (SSSR count). The van der Waals surface area contributed by atoms with E-state index in [2.05, 4.69) is 15.4 Å². The Balaban J connectivity index is 1.51.